The predicted molar refractivity (Wildman–Crippen MR) is 89.2 cm³/mol. The number of amides is 1. The van der Waals surface area contributed by atoms with Gasteiger partial charge in [-0.05, 0) is 36.8 Å². The second-order valence-electron chi connectivity index (χ2n) is 5.43. The van der Waals surface area contributed by atoms with Gasteiger partial charge in [0.15, 0.2) is 6.61 Å². The fourth-order valence-corrected chi connectivity index (χ4v) is 2.27. The summed E-state index contributed by atoms with van der Waals surface area (Å²) in [6, 6.07) is 10.1. The summed E-state index contributed by atoms with van der Waals surface area (Å²) in [5.41, 5.74) is 0.856. The molecule has 0 aliphatic carbocycles. The Hall–Kier alpha value is -2.77. The molecule has 0 saturated carbocycles. The number of ether oxygens (including phenoxy) is 2. The van der Waals surface area contributed by atoms with Crippen LogP contribution >= 0.6 is 0 Å². The van der Waals surface area contributed by atoms with Crippen molar-refractivity contribution >= 4 is 5.91 Å². The van der Waals surface area contributed by atoms with Gasteiger partial charge in [-0.2, -0.15) is 13.2 Å². The number of aromatic nitrogens is 1. The lowest BCUT2D eigenvalue weighted by molar-refractivity contribution is -0.154. The zero-order valence-corrected chi connectivity index (χ0v) is 14.4. The third-order valence-electron chi connectivity index (χ3n) is 3.58. The van der Waals surface area contributed by atoms with E-state index in [9.17, 15) is 18.0 Å². The molecule has 2 aromatic rings. The molecule has 2 rings (SSSR count). The molecule has 1 amide bonds. The summed E-state index contributed by atoms with van der Waals surface area (Å²) in [5.74, 6) is -0.0881. The molecule has 1 aromatic heterocycles. The molecule has 1 aromatic carbocycles. The molecule has 0 fully saturated rings. The van der Waals surface area contributed by atoms with Crippen molar-refractivity contribution in [3.05, 3.63) is 53.7 Å². The molecule has 0 aliphatic heterocycles. The van der Waals surface area contributed by atoms with E-state index in [1.54, 1.807) is 26.2 Å². The van der Waals surface area contributed by atoms with Gasteiger partial charge in [-0.25, -0.2) is 4.98 Å². The van der Waals surface area contributed by atoms with Crippen LogP contribution in [0.2, 0.25) is 0 Å². The van der Waals surface area contributed by atoms with Crippen LogP contribution in [0, 0.1) is 0 Å². The van der Waals surface area contributed by atoms with E-state index in [2.05, 4.69) is 4.98 Å². The van der Waals surface area contributed by atoms with E-state index in [0.717, 1.165) is 5.56 Å². The summed E-state index contributed by atoms with van der Waals surface area (Å²) < 4.78 is 47.0. The van der Waals surface area contributed by atoms with Gasteiger partial charge >= 0.3 is 6.18 Å². The fourth-order valence-electron chi connectivity index (χ4n) is 2.27. The summed E-state index contributed by atoms with van der Waals surface area (Å²) in [6.07, 6.45) is -3.23. The molecular formula is C18H19F3N2O3. The molecule has 0 N–H and O–H groups in total. The van der Waals surface area contributed by atoms with Crippen molar-refractivity contribution in [3.63, 3.8) is 0 Å². The van der Waals surface area contributed by atoms with Crippen molar-refractivity contribution in [2.75, 3.05) is 20.3 Å². The van der Waals surface area contributed by atoms with E-state index in [1.165, 1.54) is 23.2 Å². The highest BCUT2D eigenvalue weighted by atomic mass is 19.4. The van der Waals surface area contributed by atoms with Gasteiger partial charge < -0.3 is 14.4 Å². The second-order valence-corrected chi connectivity index (χ2v) is 5.43. The molecule has 0 spiro atoms. The first-order valence-corrected chi connectivity index (χ1v) is 7.91. The number of alkyl halides is 3. The molecule has 0 unspecified atom stereocenters. The minimum atomic E-state index is -4.51. The van der Waals surface area contributed by atoms with Crippen LogP contribution in [0.15, 0.2) is 42.6 Å². The first-order valence-electron chi connectivity index (χ1n) is 7.91. The first kappa shape index (κ1) is 19.6. The second kappa shape index (κ2) is 8.55. The molecule has 0 aliphatic rings. The van der Waals surface area contributed by atoms with Crippen molar-refractivity contribution in [2.24, 2.45) is 0 Å². The number of carbonyl (C=O) groups excluding carboxylic acids is 1. The highest BCUT2D eigenvalue weighted by Gasteiger charge is 2.30. The van der Waals surface area contributed by atoms with Crippen molar-refractivity contribution in [1.82, 2.24) is 9.88 Å². The van der Waals surface area contributed by atoms with Gasteiger partial charge in [-0.1, -0.05) is 12.1 Å². The number of methoxy groups -OCH3 is 1. The third kappa shape index (κ3) is 5.37. The van der Waals surface area contributed by atoms with Crippen molar-refractivity contribution in [1.29, 1.82) is 0 Å². The first-order chi connectivity index (χ1) is 12.3. The number of nitrogens with zero attached hydrogens (tertiary/aromatic N) is 2. The van der Waals surface area contributed by atoms with Gasteiger partial charge in [0.1, 0.15) is 11.3 Å². The van der Waals surface area contributed by atoms with Crippen molar-refractivity contribution in [2.45, 2.75) is 19.6 Å². The average Bonchev–Trinajstić information content (AvgIpc) is 2.64. The third-order valence-corrected chi connectivity index (χ3v) is 3.58. The lowest BCUT2D eigenvalue weighted by Crippen LogP contribution is -2.31. The van der Waals surface area contributed by atoms with Crippen LogP contribution in [-0.2, 0) is 6.54 Å². The van der Waals surface area contributed by atoms with Gasteiger partial charge in [0, 0.05) is 19.3 Å². The standard InChI is InChI=1S/C18H19F3N2O3/c1-3-23(11-13-6-8-14(25-2)9-7-13)17(24)15-5-4-10-22-16(15)26-12-18(19,20)21/h4-10H,3,11-12H2,1-2H3. The summed E-state index contributed by atoms with van der Waals surface area (Å²) in [7, 11) is 1.56. The Labute approximate surface area is 149 Å². The Morgan fingerprint density at radius 1 is 1.19 bits per heavy atom. The molecule has 0 bridgehead atoms. The maximum atomic E-state index is 12.7. The van der Waals surface area contributed by atoms with Crippen molar-refractivity contribution in [3.8, 4) is 11.6 Å². The van der Waals surface area contributed by atoms with E-state index in [4.69, 9.17) is 9.47 Å². The minimum absolute atomic E-state index is 0.00730. The Bertz CT molecular complexity index is 733. The minimum Gasteiger partial charge on any atom is -0.497 e. The lowest BCUT2D eigenvalue weighted by Gasteiger charge is -2.22. The van der Waals surface area contributed by atoms with Gasteiger partial charge in [-0.15, -0.1) is 0 Å². The molecule has 26 heavy (non-hydrogen) atoms. The summed E-state index contributed by atoms with van der Waals surface area (Å²) in [6.45, 7) is 0.953. The fraction of sp³-hybridized carbons (Fsp3) is 0.333. The van der Waals surface area contributed by atoms with E-state index >= 15 is 0 Å². The van der Waals surface area contributed by atoms with Crippen molar-refractivity contribution < 1.29 is 27.4 Å². The lowest BCUT2D eigenvalue weighted by atomic mass is 10.1. The van der Waals surface area contributed by atoms with Gasteiger partial charge in [0.05, 0.1) is 7.11 Å². The van der Waals surface area contributed by atoms with Gasteiger partial charge in [0.2, 0.25) is 5.88 Å². The number of carbonyl (C=O) groups is 1. The summed E-state index contributed by atoms with van der Waals surface area (Å²) in [4.78, 5) is 18.0. The van der Waals surface area contributed by atoms with E-state index in [0.29, 0.717) is 18.8 Å². The number of hydrogen-bond acceptors (Lipinski definition) is 4. The monoisotopic (exact) mass is 368 g/mol. The summed E-state index contributed by atoms with van der Waals surface area (Å²) >= 11 is 0. The van der Waals surface area contributed by atoms with Gasteiger partial charge in [0.25, 0.3) is 5.91 Å². The largest absolute Gasteiger partial charge is 0.497 e. The topological polar surface area (TPSA) is 51.7 Å². The Kier molecular flexibility index (Phi) is 6.43. The van der Waals surface area contributed by atoms with E-state index in [-0.39, 0.29) is 11.4 Å². The van der Waals surface area contributed by atoms with E-state index in [1.807, 2.05) is 12.1 Å². The molecule has 0 saturated heterocycles. The maximum Gasteiger partial charge on any atom is 0.422 e. The van der Waals surface area contributed by atoms with E-state index < -0.39 is 18.7 Å². The zero-order chi connectivity index (χ0) is 19.2. The van der Waals surface area contributed by atoms with Crippen LogP contribution in [0.4, 0.5) is 13.2 Å². The molecule has 5 nitrogen and oxygen atoms in total. The Morgan fingerprint density at radius 3 is 2.46 bits per heavy atom. The SMILES string of the molecule is CCN(Cc1ccc(OC)cc1)C(=O)c1cccnc1OCC(F)(F)F. The highest BCUT2D eigenvalue weighted by molar-refractivity contribution is 5.96. The molecule has 8 heteroatoms. The number of pyridine rings is 1. The average molecular weight is 368 g/mol. The van der Waals surface area contributed by atoms with Crippen LogP contribution in [0.5, 0.6) is 11.6 Å². The van der Waals surface area contributed by atoms with Crippen LogP contribution < -0.4 is 9.47 Å². The molecule has 0 atom stereocenters. The summed E-state index contributed by atoms with van der Waals surface area (Å²) in [5, 5.41) is 0. The number of rotatable bonds is 7. The zero-order valence-electron chi connectivity index (χ0n) is 14.4. The number of hydrogen-bond donors (Lipinski definition) is 0. The van der Waals surface area contributed by atoms with Crippen LogP contribution in [0.25, 0.3) is 0 Å². The van der Waals surface area contributed by atoms with Crippen LogP contribution in [0.1, 0.15) is 22.8 Å². The number of halogens is 3. The van der Waals surface area contributed by atoms with Gasteiger partial charge in [-0.3, -0.25) is 4.79 Å². The predicted octanol–water partition coefficient (Wildman–Crippen LogP) is 3.69. The van der Waals surface area contributed by atoms with Crippen LogP contribution in [0.3, 0.4) is 0 Å². The quantitative estimate of drug-likeness (QED) is 0.748. The molecule has 1 heterocycles. The Morgan fingerprint density at radius 2 is 1.88 bits per heavy atom. The Balaban J connectivity index is 2.16. The maximum absolute atomic E-state index is 12.7. The highest BCUT2D eigenvalue weighted by Crippen LogP contribution is 2.22. The molecule has 140 valence electrons. The molecule has 0 radical (unpaired) electrons. The molecular weight excluding hydrogens is 349 g/mol. The number of benzene rings is 1. The smallest absolute Gasteiger partial charge is 0.422 e. The van der Waals surface area contributed by atoms with Crippen LogP contribution in [-0.4, -0.2) is 42.2 Å². The normalized spacial score (nSPS) is 11.1.